The Kier molecular flexibility index (Phi) is 6.20. The van der Waals surface area contributed by atoms with Crippen molar-refractivity contribution < 1.29 is 16.5 Å². The molecule has 0 saturated carbocycles. The van der Waals surface area contributed by atoms with E-state index in [1.165, 1.54) is 0 Å². The standard InChI is InChI=1S/C20H14N4.C5H5N.Ni/c1-2-14-10-16-5-6-18(23-16)12-20-8-7-19(24-20)11-17-4-3-15(22-17)9-13(1)21-14;1-2-4-6-5-3-1;/h1-12,21,24H;1-5H;. The summed E-state index contributed by atoms with van der Waals surface area (Å²) >= 11 is 0. The van der Waals surface area contributed by atoms with Crippen molar-refractivity contribution in [1.29, 1.82) is 0 Å². The van der Waals surface area contributed by atoms with Crippen molar-refractivity contribution in [3.8, 4) is 0 Å². The molecule has 5 nitrogen and oxygen atoms in total. The van der Waals surface area contributed by atoms with Gasteiger partial charge in [-0.25, -0.2) is 9.97 Å². The van der Waals surface area contributed by atoms with Gasteiger partial charge in [0.05, 0.1) is 22.8 Å². The summed E-state index contributed by atoms with van der Waals surface area (Å²) in [5.41, 5.74) is 7.86. The first kappa shape index (κ1) is 20.5. The number of pyridine rings is 1. The SMILES string of the molecule is C1=Cc2cc3ccc(cc4nc(cc5ccc(cc1n2)[nH]5)C=C4)[nH]3.[Ni].c1ccncc1. The Hall–Kier alpha value is -3.76. The van der Waals surface area contributed by atoms with E-state index in [1.807, 2.05) is 66.8 Å². The fourth-order valence-corrected chi connectivity index (χ4v) is 3.26. The van der Waals surface area contributed by atoms with E-state index in [9.17, 15) is 0 Å². The average molecular weight is 448 g/mol. The zero-order valence-electron chi connectivity index (χ0n) is 16.5. The zero-order valence-corrected chi connectivity index (χ0v) is 17.5. The van der Waals surface area contributed by atoms with E-state index in [-0.39, 0.29) is 16.5 Å². The Morgan fingerprint density at radius 1 is 0.484 bits per heavy atom. The molecular formula is C25H19N5Ni. The summed E-state index contributed by atoms with van der Waals surface area (Å²) in [5.74, 6) is 0. The summed E-state index contributed by atoms with van der Waals surface area (Å²) in [5, 5.41) is 0. The van der Waals surface area contributed by atoms with Crippen LogP contribution < -0.4 is 0 Å². The van der Waals surface area contributed by atoms with Crippen LogP contribution in [0.2, 0.25) is 0 Å². The van der Waals surface area contributed by atoms with Crippen molar-refractivity contribution in [1.82, 2.24) is 24.9 Å². The molecule has 31 heavy (non-hydrogen) atoms. The molecule has 6 rings (SSSR count). The van der Waals surface area contributed by atoms with Crippen LogP contribution in [0.25, 0.3) is 46.4 Å². The van der Waals surface area contributed by atoms with Crippen LogP contribution in [0.5, 0.6) is 0 Å². The normalized spacial score (nSPS) is 11.4. The van der Waals surface area contributed by atoms with E-state index in [4.69, 9.17) is 0 Å². The predicted octanol–water partition coefficient (Wildman–Crippen LogP) is 5.73. The first-order valence-electron chi connectivity index (χ1n) is 9.70. The van der Waals surface area contributed by atoms with Crippen LogP contribution in [0, 0.1) is 0 Å². The number of aromatic nitrogens is 5. The van der Waals surface area contributed by atoms with Crippen LogP contribution in [0.3, 0.4) is 0 Å². The van der Waals surface area contributed by atoms with E-state index in [0.29, 0.717) is 0 Å². The molecule has 0 atom stereocenters. The Morgan fingerprint density at radius 3 is 1.10 bits per heavy atom. The van der Waals surface area contributed by atoms with Gasteiger partial charge in [0.15, 0.2) is 0 Å². The van der Waals surface area contributed by atoms with Gasteiger partial charge in [0.1, 0.15) is 0 Å². The molecule has 0 saturated heterocycles. The fraction of sp³-hybridized carbons (Fsp3) is 0. The van der Waals surface area contributed by atoms with E-state index in [1.54, 1.807) is 12.4 Å². The van der Waals surface area contributed by atoms with E-state index in [0.717, 1.165) is 44.8 Å². The van der Waals surface area contributed by atoms with Crippen LogP contribution in [0.15, 0.2) is 79.1 Å². The number of H-pyrrole nitrogens is 2. The number of hydrogen-bond donors (Lipinski definition) is 2. The number of aromatic amines is 2. The van der Waals surface area contributed by atoms with E-state index < -0.39 is 0 Å². The Balaban J connectivity index is 0.000000288. The molecule has 2 N–H and O–H groups in total. The molecule has 0 unspecified atom stereocenters. The van der Waals surface area contributed by atoms with Crippen LogP contribution in [-0.4, -0.2) is 24.9 Å². The minimum Gasteiger partial charge on any atom is -0.355 e. The molecule has 4 aromatic heterocycles. The van der Waals surface area contributed by atoms with Crippen molar-refractivity contribution in [2.45, 2.75) is 0 Å². The van der Waals surface area contributed by atoms with E-state index >= 15 is 0 Å². The molecule has 6 heterocycles. The fourth-order valence-electron chi connectivity index (χ4n) is 3.26. The van der Waals surface area contributed by atoms with Crippen LogP contribution in [-0.2, 0) is 16.5 Å². The van der Waals surface area contributed by atoms with Crippen molar-refractivity contribution in [3.05, 3.63) is 102 Å². The van der Waals surface area contributed by atoms with Gasteiger partial charge in [-0.15, -0.1) is 0 Å². The molecule has 0 radical (unpaired) electrons. The summed E-state index contributed by atoms with van der Waals surface area (Å²) in [6.45, 7) is 0. The molecule has 0 spiro atoms. The topological polar surface area (TPSA) is 70.2 Å². The Morgan fingerprint density at radius 2 is 0.839 bits per heavy atom. The van der Waals surface area contributed by atoms with Crippen molar-refractivity contribution in [2.75, 3.05) is 0 Å². The maximum atomic E-state index is 4.63. The molecule has 6 heteroatoms. The molecule has 2 aliphatic heterocycles. The summed E-state index contributed by atoms with van der Waals surface area (Å²) in [6, 6.07) is 22.1. The maximum absolute atomic E-state index is 4.63. The summed E-state index contributed by atoms with van der Waals surface area (Å²) in [7, 11) is 0. The molecule has 154 valence electrons. The predicted molar refractivity (Wildman–Crippen MR) is 123 cm³/mol. The molecule has 2 aliphatic rings. The average Bonchev–Trinajstić information content (AvgIpc) is 3.56. The molecular weight excluding hydrogens is 429 g/mol. The number of nitrogens with one attached hydrogen (secondary N) is 2. The number of rotatable bonds is 0. The van der Waals surface area contributed by atoms with Gasteiger partial charge in [-0.05, 0) is 85.0 Å². The van der Waals surface area contributed by atoms with Gasteiger partial charge < -0.3 is 9.97 Å². The van der Waals surface area contributed by atoms with E-state index in [2.05, 4.69) is 49.2 Å². The molecule has 0 fully saturated rings. The third-order valence-electron chi connectivity index (χ3n) is 4.61. The van der Waals surface area contributed by atoms with Crippen molar-refractivity contribution in [2.24, 2.45) is 0 Å². The van der Waals surface area contributed by atoms with Gasteiger partial charge in [-0.2, -0.15) is 0 Å². The molecule has 0 aromatic carbocycles. The monoisotopic (exact) mass is 447 g/mol. The minimum atomic E-state index is 0. The first-order valence-corrected chi connectivity index (χ1v) is 9.70. The number of hydrogen-bond acceptors (Lipinski definition) is 3. The largest absolute Gasteiger partial charge is 0.355 e. The molecule has 0 aliphatic carbocycles. The van der Waals surface area contributed by atoms with Gasteiger partial charge in [-0.3, -0.25) is 4.98 Å². The van der Waals surface area contributed by atoms with Gasteiger partial charge in [-0.1, -0.05) is 6.07 Å². The first-order chi connectivity index (χ1) is 14.8. The van der Waals surface area contributed by atoms with Gasteiger partial charge >= 0.3 is 0 Å². The van der Waals surface area contributed by atoms with Gasteiger partial charge in [0.25, 0.3) is 0 Å². The van der Waals surface area contributed by atoms with Crippen LogP contribution in [0.1, 0.15) is 22.8 Å². The summed E-state index contributed by atoms with van der Waals surface area (Å²) in [6.07, 6.45) is 11.6. The maximum Gasteiger partial charge on any atom is 0.0658 e. The molecule has 8 bridgehead atoms. The summed E-state index contributed by atoms with van der Waals surface area (Å²) < 4.78 is 0. The quantitative estimate of drug-likeness (QED) is 0.292. The smallest absolute Gasteiger partial charge is 0.0658 e. The van der Waals surface area contributed by atoms with Crippen LogP contribution >= 0.6 is 0 Å². The van der Waals surface area contributed by atoms with Gasteiger partial charge in [0, 0.05) is 51.0 Å². The summed E-state index contributed by atoms with van der Waals surface area (Å²) in [4.78, 5) is 19.8. The van der Waals surface area contributed by atoms with Crippen molar-refractivity contribution >= 4 is 46.4 Å². The Bertz CT molecular complexity index is 1200. The third kappa shape index (κ3) is 5.24. The second-order valence-corrected chi connectivity index (χ2v) is 6.93. The van der Waals surface area contributed by atoms with Gasteiger partial charge in [0.2, 0.25) is 0 Å². The number of nitrogens with zero attached hydrogens (tertiary/aromatic N) is 3. The molecule has 4 aromatic rings. The Labute approximate surface area is 189 Å². The second kappa shape index (κ2) is 9.37. The van der Waals surface area contributed by atoms with Crippen molar-refractivity contribution in [3.63, 3.8) is 0 Å². The zero-order chi connectivity index (χ0) is 20.2. The third-order valence-corrected chi connectivity index (χ3v) is 4.61. The minimum absolute atomic E-state index is 0. The second-order valence-electron chi connectivity index (χ2n) is 6.93. The van der Waals surface area contributed by atoms with Crippen LogP contribution in [0.4, 0.5) is 0 Å². The molecule has 0 amide bonds. The number of fused-ring (bicyclic) bond motifs is 8.